The molecule has 0 saturated carbocycles. The molecule has 0 aliphatic carbocycles. The first-order chi connectivity index (χ1) is 9.10. The summed E-state index contributed by atoms with van der Waals surface area (Å²) in [6, 6.07) is 7.83. The fourth-order valence-electron chi connectivity index (χ4n) is 2.37. The van der Waals surface area contributed by atoms with Gasteiger partial charge in [-0.05, 0) is 18.9 Å². The molecule has 1 aliphatic rings. The van der Waals surface area contributed by atoms with E-state index in [4.69, 9.17) is 10.5 Å². The standard InChI is InChI=1S/C15H22N2O2/c1-3-15(16,4-2)14(18)17-12-9-10-19-13-8-6-5-7-11(12)13/h5-8,12H,3-4,9-10,16H2,1-2H3,(H,17,18). The summed E-state index contributed by atoms with van der Waals surface area (Å²) in [5.41, 5.74) is 6.40. The van der Waals surface area contributed by atoms with Gasteiger partial charge in [0.05, 0.1) is 18.2 Å². The Labute approximate surface area is 114 Å². The van der Waals surface area contributed by atoms with Gasteiger partial charge in [-0.25, -0.2) is 0 Å². The minimum absolute atomic E-state index is 0.00141. The Morgan fingerprint density at radius 2 is 2.11 bits per heavy atom. The number of rotatable bonds is 4. The minimum Gasteiger partial charge on any atom is -0.493 e. The molecule has 2 rings (SSSR count). The number of para-hydroxylation sites is 1. The quantitative estimate of drug-likeness (QED) is 0.873. The summed E-state index contributed by atoms with van der Waals surface area (Å²) in [6.07, 6.45) is 2.06. The summed E-state index contributed by atoms with van der Waals surface area (Å²) >= 11 is 0. The number of nitrogens with two attached hydrogens (primary N) is 1. The van der Waals surface area contributed by atoms with Crippen LogP contribution in [-0.4, -0.2) is 18.1 Å². The van der Waals surface area contributed by atoms with Gasteiger partial charge in [0, 0.05) is 12.0 Å². The monoisotopic (exact) mass is 262 g/mol. The molecule has 3 N–H and O–H groups in total. The van der Waals surface area contributed by atoms with Gasteiger partial charge in [-0.2, -0.15) is 0 Å². The van der Waals surface area contributed by atoms with Gasteiger partial charge in [0.25, 0.3) is 0 Å². The zero-order valence-corrected chi connectivity index (χ0v) is 11.6. The van der Waals surface area contributed by atoms with Crippen molar-refractivity contribution in [3.63, 3.8) is 0 Å². The molecule has 4 nitrogen and oxygen atoms in total. The van der Waals surface area contributed by atoms with Crippen molar-refractivity contribution in [2.45, 2.75) is 44.7 Å². The van der Waals surface area contributed by atoms with Crippen LogP contribution < -0.4 is 15.8 Å². The number of benzene rings is 1. The van der Waals surface area contributed by atoms with E-state index in [-0.39, 0.29) is 11.9 Å². The highest BCUT2D eigenvalue weighted by atomic mass is 16.5. The van der Waals surface area contributed by atoms with Crippen molar-refractivity contribution in [1.82, 2.24) is 5.32 Å². The van der Waals surface area contributed by atoms with E-state index in [1.807, 2.05) is 38.1 Å². The van der Waals surface area contributed by atoms with E-state index >= 15 is 0 Å². The second-order valence-corrected chi connectivity index (χ2v) is 5.06. The predicted molar refractivity (Wildman–Crippen MR) is 74.9 cm³/mol. The summed E-state index contributed by atoms with van der Waals surface area (Å²) < 4.78 is 5.59. The van der Waals surface area contributed by atoms with Crippen LogP contribution in [0.25, 0.3) is 0 Å². The zero-order valence-electron chi connectivity index (χ0n) is 11.6. The lowest BCUT2D eigenvalue weighted by Gasteiger charge is -2.31. The highest BCUT2D eigenvalue weighted by Gasteiger charge is 2.33. The SMILES string of the molecule is CCC(N)(CC)C(=O)NC1CCOc2ccccc21. The molecule has 0 spiro atoms. The number of fused-ring (bicyclic) bond motifs is 1. The van der Waals surface area contributed by atoms with Crippen LogP contribution in [0.4, 0.5) is 0 Å². The Morgan fingerprint density at radius 1 is 1.42 bits per heavy atom. The maximum atomic E-state index is 12.3. The van der Waals surface area contributed by atoms with Crippen LogP contribution in [0.15, 0.2) is 24.3 Å². The molecule has 1 unspecified atom stereocenters. The third kappa shape index (κ3) is 2.73. The van der Waals surface area contributed by atoms with E-state index in [0.29, 0.717) is 19.4 Å². The van der Waals surface area contributed by atoms with Gasteiger partial charge in [-0.3, -0.25) is 4.79 Å². The van der Waals surface area contributed by atoms with Crippen molar-refractivity contribution >= 4 is 5.91 Å². The lowest BCUT2D eigenvalue weighted by Crippen LogP contribution is -2.54. The van der Waals surface area contributed by atoms with E-state index in [0.717, 1.165) is 17.7 Å². The fraction of sp³-hybridized carbons (Fsp3) is 0.533. The average molecular weight is 262 g/mol. The molecule has 4 heteroatoms. The fourth-order valence-corrected chi connectivity index (χ4v) is 2.37. The molecule has 0 aromatic heterocycles. The molecule has 0 saturated heterocycles. The second-order valence-electron chi connectivity index (χ2n) is 5.06. The largest absolute Gasteiger partial charge is 0.493 e. The van der Waals surface area contributed by atoms with Gasteiger partial charge >= 0.3 is 0 Å². The van der Waals surface area contributed by atoms with Crippen LogP contribution in [0, 0.1) is 0 Å². The van der Waals surface area contributed by atoms with E-state index in [2.05, 4.69) is 5.32 Å². The number of carbonyl (C=O) groups is 1. The number of ether oxygens (including phenoxy) is 1. The Morgan fingerprint density at radius 3 is 2.79 bits per heavy atom. The van der Waals surface area contributed by atoms with Gasteiger partial charge in [0.2, 0.25) is 5.91 Å². The van der Waals surface area contributed by atoms with Gasteiger partial charge in [-0.15, -0.1) is 0 Å². The number of carbonyl (C=O) groups excluding carboxylic acids is 1. The molecular formula is C15H22N2O2. The number of hydrogen-bond acceptors (Lipinski definition) is 3. The van der Waals surface area contributed by atoms with E-state index in [1.165, 1.54) is 0 Å². The second kappa shape index (κ2) is 5.61. The van der Waals surface area contributed by atoms with E-state index < -0.39 is 5.54 Å². The molecule has 1 heterocycles. The van der Waals surface area contributed by atoms with Crippen LogP contribution in [0.2, 0.25) is 0 Å². The van der Waals surface area contributed by atoms with E-state index in [1.54, 1.807) is 0 Å². The van der Waals surface area contributed by atoms with Crippen LogP contribution >= 0.6 is 0 Å². The molecule has 1 aromatic rings. The lowest BCUT2D eigenvalue weighted by atomic mass is 9.91. The van der Waals surface area contributed by atoms with Crippen LogP contribution in [0.5, 0.6) is 5.75 Å². The Hall–Kier alpha value is -1.55. The maximum absolute atomic E-state index is 12.3. The third-order valence-corrected chi connectivity index (χ3v) is 3.98. The minimum atomic E-state index is -0.771. The molecule has 0 radical (unpaired) electrons. The van der Waals surface area contributed by atoms with Crippen LogP contribution in [-0.2, 0) is 4.79 Å². The zero-order chi connectivity index (χ0) is 13.9. The van der Waals surface area contributed by atoms with Gasteiger partial charge < -0.3 is 15.8 Å². The van der Waals surface area contributed by atoms with Crippen molar-refractivity contribution in [3.05, 3.63) is 29.8 Å². The van der Waals surface area contributed by atoms with Crippen molar-refractivity contribution < 1.29 is 9.53 Å². The molecule has 1 amide bonds. The Kier molecular flexibility index (Phi) is 4.10. The summed E-state index contributed by atoms with van der Waals surface area (Å²) in [7, 11) is 0. The van der Waals surface area contributed by atoms with Crippen molar-refractivity contribution in [2.24, 2.45) is 5.73 Å². The highest BCUT2D eigenvalue weighted by molar-refractivity contribution is 5.86. The topological polar surface area (TPSA) is 64.4 Å². The number of nitrogens with one attached hydrogen (secondary N) is 1. The Bertz CT molecular complexity index is 455. The molecule has 0 bridgehead atoms. The normalized spacial score (nSPS) is 18.4. The molecule has 1 aliphatic heterocycles. The highest BCUT2D eigenvalue weighted by Crippen LogP contribution is 2.32. The maximum Gasteiger partial charge on any atom is 0.240 e. The molecule has 1 atom stereocenters. The first-order valence-electron chi connectivity index (χ1n) is 6.92. The van der Waals surface area contributed by atoms with Gasteiger partial charge in [0.15, 0.2) is 0 Å². The van der Waals surface area contributed by atoms with Crippen LogP contribution in [0.3, 0.4) is 0 Å². The van der Waals surface area contributed by atoms with Crippen LogP contribution in [0.1, 0.15) is 44.7 Å². The third-order valence-electron chi connectivity index (χ3n) is 3.98. The molecule has 19 heavy (non-hydrogen) atoms. The van der Waals surface area contributed by atoms with Crippen molar-refractivity contribution in [2.75, 3.05) is 6.61 Å². The molecule has 1 aromatic carbocycles. The smallest absolute Gasteiger partial charge is 0.240 e. The molecule has 0 fully saturated rings. The van der Waals surface area contributed by atoms with Crippen molar-refractivity contribution in [1.29, 1.82) is 0 Å². The summed E-state index contributed by atoms with van der Waals surface area (Å²) in [5, 5.41) is 3.07. The first-order valence-corrected chi connectivity index (χ1v) is 6.92. The first kappa shape index (κ1) is 13.9. The predicted octanol–water partition coefficient (Wildman–Crippen LogP) is 2.14. The summed E-state index contributed by atoms with van der Waals surface area (Å²) in [5.74, 6) is 0.786. The summed E-state index contributed by atoms with van der Waals surface area (Å²) in [4.78, 5) is 12.3. The number of amides is 1. The summed E-state index contributed by atoms with van der Waals surface area (Å²) in [6.45, 7) is 4.51. The number of hydrogen-bond donors (Lipinski definition) is 2. The van der Waals surface area contributed by atoms with Gasteiger partial charge in [0.1, 0.15) is 5.75 Å². The average Bonchev–Trinajstić information content (AvgIpc) is 2.46. The Balaban J connectivity index is 2.15. The van der Waals surface area contributed by atoms with Gasteiger partial charge in [-0.1, -0.05) is 32.0 Å². The lowest BCUT2D eigenvalue weighted by molar-refractivity contribution is -0.127. The molecule has 104 valence electrons. The van der Waals surface area contributed by atoms with Crippen molar-refractivity contribution in [3.8, 4) is 5.75 Å². The molecular weight excluding hydrogens is 240 g/mol. The van der Waals surface area contributed by atoms with E-state index in [9.17, 15) is 4.79 Å².